The van der Waals surface area contributed by atoms with E-state index in [0.29, 0.717) is 5.92 Å². The van der Waals surface area contributed by atoms with E-state index >= 15 is 0 Å². The van der Waals surface area contributed by atoms with E-state index in [-0.39, 0.29) is 6.10 Å². The van der Waals surface area contributed by atoms with Gasteiger partial charge in [0, 0.05) is 11.5 Å². The molecule has 1 aromatic rings. The smallest absolute Gasteiger partial charge is 0.128 e. The van der Waals surface area contributed by atoms with Gasteiger partial charge >= 0.3 is 0 Å². The Morgan fingerprint density at radius 2 is 1.73 bits per heavy atom. The Labute approximate surface area is 90.1 Å². The maximum Gasteiger partial charge on any atom is 0.128 e. The number of rotatable bonds is 0. The zero-order chi connectivity index (χ0) is 10.4. The van der Waals surface area contributed by atoms with Gasteiger partial charge in [-0.05, 0) is 31.1 Å². The van der Waals surface area contributed by atoms with Crippen LogP contribution in [0.5, 0.6) is 5.75 Å². The first kappa shape index (κ1) is 8.78. The van der Waals surface area contributed by atoms with Gasteiger partial charge in [0.25, 0.3) is 0 Å². The zero-order valence-corrected chi connectivity index (χ0v) is 9.03. The fraction of sp³-hybridized carbons (Fsp3) is 0.286. The van der Waals surface area contributed by atoms with Crippen molar-refractivity contribution in [3.05, 3.63) is 53.1 Å². The summed E-state index contributed by atoms with van der Waals surface area (Å²) in [5.41, 5.74) is 3.95. The molecule has 1 aromatic carbocycles. The molecule has 0 bridgehead atoms. The van der Waals surface area contributed by atoms with Crippen LogP contribution in [-0.4, -0.2) is 6.10 Å². The molecule has 0 amide bonds. The van der Waals surface area contributed by atoms with Gasteiger partial charge in [-0.15, -0.1) is 0 Å². The molecule has 15 heavy (non-hydrogen) atoms. The van der Waals surface area contributed by atoms with E-state index in [9.17, 15) is 0 Å². The van der Waals surface area contributed by atoms with E-state index in [1.54, 1.807) is 0 Å². The van der Waals surface area contributed by atoms with Crippen LogP contribution in [0.15, 0.2) is 36.4 Å². The van der Waals surface area contributed by atoms with Gasteiger partial charge in [-0.2, -0.15) is 0 Å². The third-order valence-electron chi connectivity index (χ3n) is 3.28. The molecule has 1 heterocycles. The van der Waals surface area contributed by atoms with Gasteiger partial charge in [0.1, 0.15) is 11.9 Å². The Morgan fingerprint density at radius 3 is 2.60 bits per heavy atom. The van der Waals surface area contributed by atoms with Crippen LogP contribution in [0, 0.1) is 13.8 Å². The summed E-state index contributed by atoms with van der Waals surface area (Å²) in [5.74, 6) is 1.52. The highest BCUT2D eigenvalue weighted by Crippen LogP contribution is 2.44. The van der Waals surface area contributed by atoms with Crippen LogP contribution in [0.4, 0.5) is 0 Å². The van der Waals surface area contributed by atoms with E-state index in [4.69, 9.17) is 4.74 Å². The van der Waals surface area contributed by atoms with Gasteiger partial charge in [-0.25, -0.2) is 0 Å². The minimum absolute atomic E-state index is 0.213. The van der Waals surface area contributed by atoms with Crippen molar-refractivity contribution in [3.63, 3.8) is 0 Å². The highest BCUT2D eigenvalue weighted by atomic mass is 16.5. The minimum atomic E-state index is 0.213. The average molecular weight is 198 g/mol. The molecule has 76 valence electrons. The molecule has 2 aliphatic rings. The van der Waals surface area contributed by atoms with Crippen molar-refractivity contribution in [2.45, 2.75) is 25.9 Å². The number of benzene rings is 1. The van der Waals surface area contributed by atoms with Gasteiger partial charge in [0.05, 0.1) is 0 Å². The molecule has 0 saturated carbocycles. The maximum absolute atomic E-state index is 5.98. The number of allylic oxidation sites excluding steroid dienone is 2. The van der Waals surface area contributed by atoms with Gasteiger partial charge in [-0.3, -0.25) is 0 Å². The summed E-state index contributed by atoms with van der Waals surface area (Å²) in [5, 5.41) is 0. The number of ether oxygens (including phenoxy) is 1. The molecule has 2 atom stereocenters. The summed E-state index contributed by atoms with van der Waals surface area (Å²) in [6.07, 6.45) is 8.77. The second-order valence-electron chi connectivity index (χ2n) is 4.32. The predicted molar refractivity (Wildman–Crippen MR) is 61.4 cm³/mol. The van der Waals surface area contributed by atoms with Crippen molar-refractivity contribution in [3.8, 4) is 5.75 Å². The lowest BCUT2D eigenvalue weighted by molar-refractivity contribution is 0.267. The lowest BCUT2D eigenvalue weighted by Crippen LogP contribution is -2.15. The summed E-state index contributed by atoms with van der Waals surface area (Å²) < 4.78 is 5.98. The predicted octanol–water partition coefficient (Wildman–Crippen LogP) is 3.27. The number of hydrogen-bond donors (Lipinski definition) is 0. The summed E-state index contributed by atoms with van der Waals surface area (Å²) in [7, 11) is 0. The fourth-order valence-electron chi connectivity index (χ4n) is 2.47. The van der Waals surface area contributed by atoms with E-state index < -0.39 is 0 Å². The molecule has 0 saturated heterocycles. The van der Waals surface area contributed by atoms with Crippen LogP contribution >= 0.6 is 0 Å². The van der Waals surface area contributed by atoms with E-state index in [0.717, 1.165) is 5.75 Å². The van der Waals surface area contributed by atoms with Crippen LogP contribution in [0.25, 0.3) is 0 Å². The van der Waals surface area contributed by atoms with Crippen molar-refractivity contribution in [2.75, 3.05) is 0 Å². The molecule has 0 fully saturated rings. The highest BCUT2D eigenvalue weighted by molar-refractivity contribution is 5.54. The molecule has 1 heteroatoms. The average Bonchev–Trinajstić information content (AvgIpc) is 2.64. The Morgan fingerprint density at radius 1 is 1.00 bits per heavy atom. The Kier molecular flexibility index (Phi) is 1.75. The van der Waals surface area contributed by atoms with Gasteiger partial charge in [0.2, 0.25) is 0 Å². The van der Waals surface area contributed by atoms with Crippen LogP contribution in [-0.2, 0) is 0 Å². The van der Waals surface area contributed by atoms with Crippen molar-refractivity contribution in [2.24, 2.45) is 0 Å². The first-order chi connectivity index (χ1) is 7.27. The maximum atomic E-state index is 5.98. The minimum Gasteiger partial charge on any atom is -0.485 e. The van der Waals surface area contributed by atoms with E-state index in [2.05, 4.69) is 50.3 Å². The second kappa shape index (κ2) is 2.99. The molecule has 0 spiro atoms. The SMILES string of the molecule is Cc1ccc(C)c2c1OC1C=CC=CC21. The first-order valence-corrected chi connectivity index (χ1v) is 5.39. The lowest BCUT2D eigenvalue weighted by Gasteiger charge is -2.14. The summed E-state index contributed by atoms with van der Waals surface area (Å²) >= 11 is 0. The van der Waals surface area contributed by atoms with Crippen LogP contribution < -0.4 is 4.74 Å². The lowest BCUT2D eigenvalue weighted by atomic mass is 9.88. The number of aryl methyl sites for hydroxylation is 2. The molecule has 2 unspecified atom stereocenters. The monoisotopic (exact) mass is 198 g/mol. The van der Waals surface area contributed by atoms with Crippen molar-refractivity contribution >= 4 is 0 Å². The Bertz CT molecular complexity index is 468. The topological polar surface area (TPSA) is 9.23 Å². The van der Waals surface area contributed by atoms with Crippen LogP contribution in [0.2, 0.25) is 0 Å². The molecule has 1 aliphatic carbocycles. The first-order valence-electron chi connectivity index (χ1n) is 5.39. The molecule has 3 rings (SSSR count). The zero-order valence-electron chi connectivity index (χ0n) is 9.03. The molecule has 0 N–H and O–H groups in total. The highest BCUT2D eigenvalue weighted by Gasteiger charge is 2.33. The van der Waals surface area contributed by atoms with Crippen LogP contribution in [0.1, 0.15) is 22.6 Å². The van der Waals surface area contributed by atoms with E-state index in [1.807, 2.05) is 0 Å². The number of hydrogen-bond acceptors (Lipinski definition) is 1. The molecule has 1 nitrogen and oxygen atoms in total. The summed E-state index contributed by atoms with van der Waals surface area (Å²) in [6, 6.07) is 4.32. The molecule has 0 radical (unpaired) electrons. The van der Waals surface area contributed by atoms with E-state index in [1.165, 1.54) is 16.7 Å². The normalized spacial score (nSPS) is 26.0. The van der Waals surface area contributed by atoms with Crippen LogP contribution in [0.3, 0.4) is 0 Å². The third kappa shape index (κ3) is 1.16. The molecular formula is C14H14O. The van der Waals surface area contributed by atoms with Gasteiger partial charge in [-0.1, -0.05) is 30.4 Å². The van der Waals surface area contributed by atoms with Crippen molar-refractivity contribution in [1.82, 2.24) is 0 Å². The number of fused-ring (bicyclic) bond motifs is 3. The molecular weight excluding hydrogens is 184 g/mol. The third-order valence-corrected chi connectivity index (χ3v) is 3.28. The largest absolute Gasteiger partial charge is 0.485 e. The molecule has 1 aliphatic heterocycles. The van der Waals surface area contributed by atoms with Gasteiger partial charge in [0.15, 0.2) is 0 Å². The van der Waals surface area contributed by atoms with Crippen molar-refractivity contribution < 1.29 is 4.74 Å². The Hall–Kier alpha value is -1.50. The molecule has 0 aromatic heterocycles. The fourth-order valence-corrected chi connectivity index (χ4v) is 2.47. The standard InChI is InChI=1S/C14H14O/c1-9-7-8-10(2)14-13(9)11-5-3-4-6-12(11)15-14/h3-8,11-12H,1-2H3. The van der Waals surface area contributed by atoms with Crippen molar-refractivity contribution in [1.29, 1.82) is 0 Å². The summed E-state index contributed by atoms with van der Waals surface area (Å²) in [6.45, 7) is 4.28. The Balaban J connectivity index is 2.20. The second-order valence-corrected chi connectivity index (χ2v) is 4.32. The quantitative estimate of drug-likeness (QED) is 0.621. The summed E-state index contributed by atoms with van der Waals surface area (Å²) in [4.78, 5) is 0. The van der Waals surface area contributed by atoms with Gasteiger partial charge < -0.3 is 4.74 Å².